The second-order valence-electron chi connectivity index (χ2n) is 12.2. The number of nitrogens with zero attached hydrogens (tertiary/aromatic N) is 7. The number of nitrogens with two attached hydrogens (primary N) is 1. The Morgan fingerprint density at radius 3 is 2.20 bits per heavy atom. The van der Waals surface area contributed by atoms with Gasteiger partial charge in [0, 0.05) is 23.9 Å². The van der Waals surface area contributed by atoms with Crippen molar-refractivity contribution < 1.29 is 29.1 Å². The molecule has 20 heteroatoms. The Balaban J connectivity index is 1.17. The molecule has 1 fully saturated rings. The zero-order valence-corrected chi connectivity index (χ0v) is 31.9. The highest BCUT2D eigenvalue weighted by molar-refractivity contribution is 8.01. The number of tetrazole rings is 1. The predicted molar refractivity (Wildman–Crippen MR) is 210 cm³/mol. The second kappa shape index (κ2) is 16.6. The Kier molecular flexibility index (Phi) is 11.3. The topological polar surface area (TPSA) is 232 Å². The maximum Gasteiger partial charge on any atom is 0.352 e. The number of anilines is 1. The Morgan fingerprint density at radius 2 is 1.64 bits per heavy atom. The lowest BCUT2D eigenvalue weighted by Crippen LogP contribution is -2.71. The van der Waals surface area contributed by atoms with E-state index in [2.05, 4.69) is 36.6 Å². The van der Waals surface area contributed by atoms with Crippen molar-refractivity contribution in [3.63, 3.8) is 0 Å². The summed E-state index contributed by atoms with van der Waals surface area (Å²) in [6.07, 6.45) is 0. The number of likely N-dealkylation sites (N-methyl/N-ethyl adjacent to an activating group) is 1. The number of hydrogen-bond acceptors (Lipinski definition) is 15. The van der Waals surface area contributed by atoms with Gasteiger partial charge in [0.15, 0.2) is 17.5 Å². The van der Waals surface area contributed by atoms with Gasteiger partial charge in [-0.05, 0) is 32.7 Å². The van der Waals surface area contributed by atoms with Gasteiger partial charge >= 0.3 is 5.97 Å². The van der Waals surface area contributed by atoms with Crippen molar-refractivity contribution >= 4 is 69.4 Å². The lowest BCUT2D eigenvalue weighted by molar-refractivity contribution is -0.150. The maximum absolute atomic E-state index is 14.0. The molecule has 17 nitrogen and oxygen atoms in total. The Morgan fingerprint density at radius 1 is 1.02 bits per heavy atom. The number of rotatable bonds is 15. The van der Waals surface area contributed by atoms with Gasteiger partial charge in [-0.2, -0.15) is 0 Å². The molecule has 2 aliphatic heterocycles. The highest BCUT2D eigenvalue weighted by Crippen LogP contribution is 2.42. The number of thiazole rings is 1. The SMILES string of the molecule is CNC(=O)CO/N=C(\C(=O)N[C@@H]1C(=O)N2C(C(=O)O)=C(CSc3nnnn3N)CS[C@@H]12)c1csc(NC(c2ccccc2)(c2ccccc2)c2ccccc2)n1. The van der Waals surface area contributed by atoms with Crippen LogP contribution in [-0.2, 0) is 29.6 Å². The van der Waals surface area contributed by atoms with Gasteiger partial charge < -0.3 is 31.7 Å². The van der Waals surface area contributed by atoms with E-state index in [1.807, 2.05) is 91.0 Å². The number of hydrogen-bond donors (Lipinski definition) is 5. The molecule has 4 heterocycles. The van der Waals surface area contributed by atoms with Crippen LogP contribution in [0.5, 0.6) is 0 Å². The number of thioether (sulfide) groups is 2. The van der Waals surface area contributed by atoms with Gasteiger partial charge in [0.25, 0.3) is 17.7 Å². The molecule has 0 bridgehead atoms. The van der Waals surface area contributed by atoms with Crippen molar-refractivity contribution in [1.82, 2.24) is 40.8 Å². The molecule has 56 heavy (non-hydrogen) atoms. The first-order valence-electron chi connectivity index (χ1n) is 16.9. The van der Waals surface area contributed by atoms with Crippen LogP contribution in [0.3, 0.4) is 0 Å². The van der Waals surface area contributed by atoms with Gasteiger partial charge in [-0.15, -0.1) is 27.9 Å². The summed E-state index contributed by atoms with van der Waals surface area (Å²) >= 11 is 3.64. The van der Waals surface area contributed by atoms with Crippen LogP contribution in [0.25, 0.3) is 0 Å². The molecule has 0 spiro atoms. The van der Waals surface area contributed by atoms with Gasteiger partial charge in [0.2, 0.25) is 5.16 Å². The molecule has 3 amide bonds. The number of carbonyl (C=O) groups is 4. The van der Waals surface area contributed by atoms with E-state index < -0.39 is 47.3 Å². The van der Waals surface area contributed by atoms with E-state index >= 15 is 0 Å². The molecule has 0 radical (unpaired) electrons. The number of nitrogen functional groups attached to an aromatic ring is 1. The van der Waals surface area contributed by atoms with Crippen LogP contribution < -0.4 is 21.8 Å². The number of β-lactam (4-membered cyclic amide) rings is 1. The molecule has 0 unspecified atom stereocenters. The largest absolute Gasteiger partial charge is 0.477 e. The first kappa shape index (κ1) is 38.0. The van der Waals surface area contributed by atoms with E-state index in [-0.39, 0.29) is 33.8 Å². The van der Waals surface area contributed by atoms with Crippen molar-refractivity contribution in [2.45, 2.75) is 22.1 Å². The number of aliphatic carboxylic acids is 1. The monoisotopic (exact) mass is 811 g/mol. The fourth-order valence-electron chi connectivity index (χ4n) is 6.25. The van der Waals surface area contributed by atoms with Crippen LogP contribution >= 0.6 is 34.9 Å². The van der Waals surface area contributed by atoms with Gasteiger partial charge in [0.1, 0.15) is 28.3 Å². The summed E-state index contributed by atoms with van der Waals surface area (Å²) < 4.78 is 0. The summed E-state index contributed by atoms with van der Waals surface area (Å²) in [5.74, 6) is 2.90. The van der Waals surface area contributed by atoms with Crippen molar-refractivity contribution in [3.8, 4) is 0 Å². The third-order valence-electron chi connectivity index (χ3n) is 8.88. The third kappa shape index (κ3) is 7.53. The van der Waals surface area contributed by atoms with E-state index in [4.69, 9.17) is 15.7 Å². The Hall–Kier alpha value is -6.25. The number of carboxylic acids is 1. The highest BCUT2D eigenvalue weighted by Gasteiger charge is 2.54. The zero-order valence-electron chi connectivity index (χ0n) is 29.4. The number of aromatic nitrogens is 5. The molecule has 1 saturated heterocycles. The van der Waals surface area contributed by atoms with E-state index in [0.29, 0.717) is 10.7 Å². The molecule has 0 aliphatic carbocycles. The molecular formula is C36H33N11O6S3. The minimum absolute atomic E-state index is 0.114. The molecule has 7 rings (SSSR count). The zero-order chi connectivity index (χ0) is 39.2. The smallest absolute Gasteiger partial charge is 0.352 e. The average molecular weight is 812 g/mol. The predicted octanol–water partition coefficient (Wildman–Crippen LogP) is 2.25. The highest BCUT2D eigenvalue weighted by atomic mass is 32.2. The normalized spacial score (nSPS) is 16.8. The van der Waals surface area contributed by atoms with Crippen molar-refractivity contribution in [2.75, 3.05) is 36.3 Å². The summed E-state index contributed by atoms with van der Waals surface area (Å²) in [6, 6.07) is 28.6. The number of oxime groups is 1. The fraction of sp³-hybridized carbons (Fsp3) is 0.194. The molecule has 6 N–H and O–H groups in total. The molecule has 3 aromatic carbocycles. The quantitative estimate of drug-likeness (QED) is 0.0255. The Labute approximate surface area is 331 Å². The summed E-state index contributed by atoms with van der Waals surface area (Å²) in [5.41, 5.74) is 2.00. The van der Waals surface area contributed by atoms with Crippen LogP contribution in [0.1, 0.15) is 22.4 Å². The number of amides is 3. The van der Waals surface area contributed by atoms with Crippen molar-refractivity contribution in [3.05, 3.63) is 130 Å². The fourth-order valence-corrected chi connectivity index (χ4v) is 9.28. The van der Waals surface area contributed by atoms with E-state index in [1.165, 1.54) is 30.1 Å². The number of benzene rings is 3. The number of fused-ring (bicyclic) bond motifs is 1. The van der Waals surface area contributed by atoms with Crippen LogP contribution in [-0.4, -0.2) is 101 Å². The number of carbonyl (C=O) groups excluding carboxylic acids is 3. The first-order valence-corrected chi connectivity index (χ1v) is 19.8. The average Bonchev–Trinajstić information content (AvgIpc) is 3.88. The Bertz CT molecular complexity index is 2210. The summed E-state index contributed by atoms with van der Waals surface area (Å²) in [4.78, 5) is 64.1. The van der Waals surface area contributed by atoms with Gasteiger partial charge in [-0.3, -0.25) is 19.3 Å². The van der Waals surface area contributed by atoms with Crippen LogP contribution in [0.4, 0.5) is 5.13 Å². The van der Waals surface area contributed by atoms with Crippen LogP contribution in [0.2, 0.25) is 0 Å². The maximum atomic E-state index is 14.0. The van der Waals surface area contributed by atoms with E-state index in [9.17, 15) is 24.3 Å². The molecular weight excluding hydrogens is 779 g/mol. The lowest BCUT2D eigenvalue weighted by Gasteiger charge is -2.49. The molecule has 286 valence electrons. The van der Waals surface area contributed by atoms with Gasteiger partial charge in [-0.1, -0.05) is 113 Å². The summed E-state index contributed by atoms with van der Waals surface area (Å²) in [6.45, 7) is -0.486. The number of carboxylic acid groups (broad SMARTS) is 1. The molecule has 2 atom stereocenters. The minimum Gasteiger partial charge on any atom is -0.477 e. The van der Waals surface area contributed by atoms with E-state index in [1.54, 1.807) is 5.38 Å². The molecule has 2 aliphatic rings. The van der Waals surface area contributed by atoms with Crippen LogP contribution in [0, 0.1) is 0 Å². The summed E-state index contributed by atoms with van der Waals surface area (Å²) in [7, 11) is 1.43. The van der Waals surface area contributed by atoms with E-state index in [0.717, 1.165) is 38.1 Å². The lowest BCUT2D eigenvalue weighted by atomic mass is 9.77. The minimum atomic E-state index is -1.29. The van der Waals surface area contributed by atoms with Crippen molar-refractivity contribution in [1.29, 1.82) is 0 Å². The standard InChI is InChI=1S/C36H33N11O6S3/c1-38-26(48)17-53-43-27(30(49)40-28-31(50)46-29(33(51)52)21(18-54-32(28)46)19-56-35-42-44-45-47(35)37)25-20-55-34(39-25)41-36(22-11-5-2-6-12-22,23-13-7-3-8-14-23)24-15-9-4-10-16-24/h2-16,20,28,32H,17-19,37H2,1H3,(H,38,48)(H,39,41)(H,40,49)(H,51,52)/b43-27-/t28-,32+/m1/s1. The molecule has 2 aromatic heterocycles. The van der Waals surface area contributed by atoms with Gasteiger partial charge in [-0.25, -0.2) is 9.78 Å². The molecule has 0 saturated carbocycles. The van der Waals surface area contributed by atoms with Crippen LogP contribution in [0.15, 0.2) is 118 Å². The third-order valence-corrected chi connectivity index (χ3v) is 12.0. The second-order valence-corrected chi connectivity index (χ2v) is 15.1. The summed E-state index contributed by atoms with van der Waals surface area (Å²) in [5, 5.41) is 35.4. The van der Waals surface area contributed by atoms with Gasteiger partial charge in [0.05, 0.1) is 0 Å². The van der Waals surface area contributed by atoms with Crippen molar-refractivity contribution in [2.24, 2.45) is 5.16 Å². The molecule has 5 aromatic rings. The first-order chi connectivity index (χ1) is 27.2. The number of nitrogens with one attached hydrogen (secondary N) is 3.